The molecule has 0 aliphatic carbocycles. The Bertz CT molecular complexity index is 574. The Morgan fingerprint density at radius 2 is 2.07 bits per heavy atom. The number of carbonyl (C=O) groups is 1. The summed E-state index contributed by atoms with van der Waals surface area (Å²) in [6.07, 6.45) is 0.0141. The molecule has 15 heavy (non-hydrogen) atoms. The van der Waals surface area contributed by atoms with Gasteiger partial charge in [-0.1, -0.05) is 12.1 Å². The normalized spacial score (nSPS) is 10.4. The van der Waals surface area contributed by atoms with Gasteiger partial charge in [0.15, 0.2) is 5.43 Å². The summed E-state index contributed by atoms with van der Waals surface area (Å²) in [6, 6.07) is 7.34. The predicted octanol–water partition coefficient (Wildman–Crippen LogP) is 1.29. The Balaban J connectivity index is 2.65. The van der Waals surface area contributed by atoms with Crippen LogP contribution in [0.5, 0.6) is 0 Å². The molecule has 1 heterocycles. The molecule has 0 aliphatic rings. The summed E-state index contributed by atoms with van der Waals surface area (Å²) in [5.74, 6) is -0.477. The zero-order valence-electron chi connectivity index (χ0n) is 7.90. The average molecular weight is 219 g/mol. The number of hydrogen-bond donors (Lipinski definition) is 1. The highest BCUT2D eigenvalue weighted by Gasteiger charge is 2.06. The number of hydrogen-bond acceptors (Lipinski definition) is 3. The summed E-state index contributed by atoms with van der Waals surface area (Å²) in [4.78, 5) is 22.6. The highest BCUT2D eigenvalue weighted by molar-refractivity contribution is 7.16. The van der Waals surface area contributed by atoms with E-state index in [1.807, 2.05) is 18.2 Å². The molecular weight excluding hydrogens is 210 g/mol. The summed E-state index contributed by atoms with van der Waals surface area (Å²) in [7, 11) is 0. The molecule has 76 valence electrons. The van der Waals surface area contributed by atoms with Crippen molar-refractivity contribution in [2.45, 2.75) is 6.42 Å². The molecule has 0 fully saturated rings. The number of benzene rings is 1. The van der Waals surface area contributed by atoms with E-state index >= 15 is 0 Å². The van der Waals surface area contributed by atoms with Crippen molar-refractivity contribution in [1.29, 1.82) is 0 Å². The molecule has 2 rings (SSSR count). The van der Waals surface area contributed by atoms with Crippen molar-refractivity contribution in [2.24, 2.45) is 5.73 Å². The van der Waals surface area contributed by atoms with E-state index in [4.69, 9.17) is 5.73 Å². The molecule has 0 bridgehead atoms. The Kier molecular flexibility index (Phi) is 2.51. The second kappa shape index (κ2) is 3.82. The van der Waals surface area contributed by atoms with Gasteiger partial charge in [-0.3, -0.25) is 9.59 Å². The lowest BCUT2D eigenvalue weighted by molar-refractivity contribution is -0.117. The number of fused-ring (bicyclic) bond motifs is 1. The van der Waals surface area contributed by atoms with Crippen LogP contribution in [0.3, 0.4) is 0 Å². The van der Waals surface area contributed by atoms with Crippen LogP contribution in [0.25, 0.3) is 10.1 Å². The second-order valence-electron chi connectivity index (χ2n) is 3.23. The molecule has 2 N–H and O–H groups in total. The smallest absolute Gasteiger partial charge is 0.222 e. The molecule has 0 spiro atoms. The molecule has 3 nitrogen and oxygen atoms in total. The van der Waals surface area contributed by atoms with E-state index < -0.39 is 5.91 Å². The van der Waals surface area contributed by atoms with E-state index in [0.717, 1.165) is 4.70 Å². The molecule has 0 radical (unpaired) electrons. The first kappa shape index (κ1) is 9.86. The van der Waals surface area contributed by atoms with Gasteiger partial charge in [-0.05, 0) is 17.5 Å². The van der Waals surface area contributed by atoms with Crippen LogP contribution < -0.4 is 11.2 Å². The van der Waals surface area contributed by atoms with Crippen LogP contribution in [-0.4, -0.2) is 5.91 Å². The standard InChI is InChI=1S/C11H9NO2S/c12-10(13)5-7-6-15-9-4-2-1-3-8(9)11(7)14/h1-4,6H,5H2,(H2,12,13). The quantitative estimate of drug-likeness (QED) is 0.827. The van der Waals surface area contributed by atoms with Gasteiger partial charge in [-0.25, -0.2) is 0 Å². The molecule has 1 aromatic heterocycles. The number of nitrogens with two attached hydrogens (primary N) is 1. The highest BCUT2D eigenvalue weighted by atomic mass is 32.1. The third kappa shape index (κ3) is 1.89. The molecule has 0 aliphatic heterocycles. The van der Waals surface area contributed by atoms with Crippen molar-refractivity contribution in [3.05, 3.63) is 45.4 Å². The lowest BCUT2D eigenvalue weighted by Crippen LogP contribution is -2.19. The highest BCUT2D eigenvalue weighted by Crippen LogP contribution is 2.16. The van der Waals surface area contributed by atoms with Gasteiger partial charge >= 0.3 is 0 Å². The van der Waals surface area contributed by atoms with E-state index in [0.29, 0.717) is 10.9 Å². The van der Waals surface area contributed by atoms with Crippen LogP contribution in [0.4, 0.5) is 0 Å². The van der Waals surface area contributed by atoms with Gasteiger partial charge in [0.05, 0.1) is 6.42 Å². The predicted molar refractivity (Wildman–Crippen MR) is 61.0 cm³/mol. The largest absolute Gasteiger partial charge is 0.369 e. The molecule has 2 aromatic rings. The minimum Gasteiger partial charge on any atom is -0.369 e. The van der Waals surface area contributed by atoms with Gasteiger partial charge < -0.3 is 5.73 Å². The third-order valence-corrected chi connectivity index (χ3v) is 3.13. The molecular formula is C11H9NO2S. The van der Waals surface area contributed by atoms with Crippen LogP contribution in [-0.2, 0) is 11.2 Å². The summed E-state index contributed by atoms with van der Waals surface area (Å²) in [5.41, 5.74) is 5.45. The SMILES string of the molecule is NC(=O)Cc1csc2ccccc2c1=O. The van der Waals surface area contributed by atoms with Gasteiger partial charge in [0, 0.05) is 15.6 Å². The van der Waals surface area contributed by atoms with Crippen molar-refractivity contribution in [1.82, 2.24) is 0 Å². The fraction of sp³-hybridized carbons (Fsp3) is 0.0909. The summed E-state index contributed by atoms with van der Waals surface area (Å²) < 4.78 is 0.927. The lowest BCUT2D eigenvalue weighted by atomic mass is 10.1. The number of primary amides is 1. The lowest BCUT2D eigenvalue weighted by Gasteiger charge is -1.99. The number of rotatable bonds is 2. The van der Waals surface area contributed by atoms with Gasteiger partial charge in [-0.2, -0.15) is 0 Å². The van der Waals surface area contributed by atoms with Crippen LogP contribution in [0.2, 0.25) is 0 Å². The maximum absolute atomic E-state index is 11.9. The first-order chi connectivity index (χ1) is 7.18. The van der Waals surface area contributed by atoms with E-state index in [-0.39, 0.29) is 11.8 Å². The first-order valence-electron chi connectivity index (χ1n) is 4.46. The fourth-order valence-electron chi connectivity index (χ4n) is 1.43. The molecule has 0 saturated heterocycles. The number of carbonyl (C=O) groups excluding carboxylic acids is 1. The zero-order valence-corrected chi connectivity index (χ0v) is 8.71. The Morgan fingerprint density at radius 3 is 2.80 bits per heavy atom. The van der Waals surface area contributed by atoms with E-state index in [2.05, 4.69) is 0 Å². The van der Waals surface area contributed by atoms with Gasteiger partial charge in [0.25, 0.3) is 0 Å². The average Bonchev–Trinajstić information content (AvgIpc) is 2.22. The van der Waals surface area contributed by atoms with Crippen molar-refractivity contribution < 1.29 is 4.79 Å². The van der Waals surface area contributed by atoms with Crippen LogP contribution in [0.15, 0.2) is 34.4 Å². The van der Waals surface area contributed by atoms with Crippen molar-refractivity contribution in [2.75, 3.05) is 0 Å². The maximum Gasteiger partial charge on any atom is 0.222 e. The second-order valence-corrected chi connectivity index (χ2v) is 4.14. The molecule has 0 saturated carbocycles. The van der Waals surface area contributed by atoms with Gasteiger partial charge in [-0.15, -0.1) is 11.3 Å². The van der Waals surface area contributed by atoms with Crippen LogP contribution in [0.1, 0.15) is 5.56 Å². The molecule has 4 heteroatoms. The Hall–Kier alpha value is -1.68. The minimum atomic E-state index is -0.477. The fourth-order valence-corrected chi connectivity index (χ4v) is 2.33. The summed E-state index contributed by atoms with van der Waals surface area (Å²) in [6.45, 7) is 0. The maximum atomic E-state index is 11.9. The van der Waals surface area contributed by atoms with Crippen LogP contribution in [0, 0.1) is 0 Å². The monoisotopic (exact) mass is 219 g/mol. The summed E-state index contributed by atoms with van der Waals surface area (Å²) in [5, 5.41) is 2.36. The van der Waals surface area contributed by atoms with Crippen molar-refractivity contribution in [3.8, 4) is 0 Å². The molecule has 0 atom stereocenters. The summed E-state index contributed by atoms with van der Waals surface area (Å²) >= 11 is 1.45. The van der Waals surface area contributed by atoms with Crippen molar-refractivity contribution >= 4 is 27.3 Å². The zero-order chi connectivity index (χ0) is 10.8. The van der Waals surface area contributed by atoms with Gasteiger partial charge in [0.2, 0.25) is 5.91 Å². The third-order valence-electron chi connectivity index (χ3n) is 2.12. The van der Waals surface area contributed by atoms with E-state index in [9.17, 15) is 9.59 Å². The molecule has 1 amide bonds. The first-order valence-corrected chi connectivity index (χ1v) is 5.34. The van der Waals surface area contributed by atoms with Crippen LogP contribution >= 0.6 is 11.3 Å². The Morgan fingerprint density at radius 1 is 1.33 bits per heavy atom. The topological polar surface area (TPSA) is 60.2 Å². The minimum absolute atomic E-state index is 0.0141. The van der Waals surface area contributed by atoms with Gasteiger partial charge in [0.1, 0.15) is 0 Å². The van der Waals surface area contributed by atoms with E-state index in [1.54, 1.807) is 11.4 Å². The molecule has 0 unspecified atom stereocenters. The number of amides is 1. The molecule has 1 aromatic carbocycles. The van der Waals surface area contributed by atoms with E-state index in [1.165, 1.54) is 11.3 Å². The Labute approximate surface area is 90.2 Å². The van der Waals surface area contributed by atoms with Crippen molar-refractivity contribution in [3.63, 3.8) is 0 Å².